The van der Waals surface area contributed by atoms with Crippen LogP contribution in [0.2, 0.25) is 0 Å². The first-order valence-corrected chi connectivity index (χ1v) is 14.1. The molecule has 0 spiro atoms. The molecule has 1 N–H and O–H groups in total. The summed E-state index contributed by atoms with van der Waals surface area (Å²) in [5.74, 6) is 0.0398. The zero-order valence-electron chi connectivity index (χ0n) is 20.2. The first-order valence-electron chi connectivity index (χ1n) is 12.5. The number of carbonyl (C=O) groups excluding carboxylic acids is 1. The SMILES string of the molecule is CCCCCCCCn1c(O)c(-c2ccc(Br)cc2)c2cc3c(cc21)=C(c1ccc(Br)cc1)C(=O)N=3. The summed E-state index contributed by atoms with van der Waals surface area (Å²) in [5.41, 5.74) is 4.10. The summed E-state index contributed by atoms with van der Waals surface area (Å²) in [6, 6.07) is 19.7. The molecular weight excluding hydrogens is 580 g/mol. The smallest absolute Gasteiger partial charge is 0.278 e. The van der Waals surface area contributed by atoms with Gasteiger partial charge in [0.05, 0.1) is 22.0 Å². The van der Waals surface area contributed by atoms with Crippen molar-refractivity contribution in [3.8, 4) is 17.0 Å². The van der Waals surface area contributed by atoms with Crippen LogP contribution < -0.4 is 10.6 Å². The highest BCUT2D eigenvalue weighted by atomic mass is 79.9. The maximum Gasteiger partial charge on any atom is 0.278 e. The van der Waals surface area contributed by atoms with Crippen molar-refractivity contribution >= 4 is 54.2 Å². The van der Waals surface area contributed by atoms with Crippen LogP contribution in [-0.2, 0) is 11.3 Å². The zero-order valence-corrected chi connectivity index (χ0v) is 23.4. The second-order valence-electron chi connectivity index (χ2n) is 9.31. The molecule has 0 bridgehead atoms. The maximum atomic E-state index is 13.0. The summed E-state index contributed by atoms with van der Waals surface area (Å²) in [6.45, 7) is 2.95. The molecule has 0 unspecified atom stereocenters. The average Bonchev–Trinajstić information content (AvgIpc) is 3.33. The predicted octanol–water partition coefficient (Wildman–Crippen LogP) is 7.26. The lowest BCUT2D eigenvalue weighted by molar-refractivity contribution is -0.112. The lowest BCUT2D eigenvalue weighted by atomic mass is 10.0. The Labute approximate surface area is 227 Å². The Kier molecular flexibility index (Phi) is 7.44. The Hall–Kier alpha value is -2.70. The van der Waals surface area contributed by atoms with Crippen LogP contribution in [0, 0.1) is 0 Å². The van der Waals surface area contributed by atoms with Crippen molar-refractivity contribution < 1.29 is 9.90 Å². The Morgan fingerprint density at radius 3 is 2.11 bits per heavy atom. The van der Waals surface area contributed by atoms with E-state index in [-0.39, 0.29) is 11.8 Å². The lowest BCUT2D eigenvalue weighted by Crippen LogP contribution is -2.23. The van der Waals surface area contributed by atoms with Crippen molar-refractivity contribution in [1.29, 1.82) is 0 Å². The summed E-state index contributed by atoms with van der Waals surface area (Å²) in [7, 11) is 0. The number of aromatic hydroxyl groups is 1. The fourth-order valence-electron chi connectivity index (χ4n) is 5.02. The van der Waals surface area contributed by atoms with Gasteiger partial charge in [0.2, 0.25) is 0 Å². The van der Waals surface area contributed by atoms with Crippen LogP contribution in [0.5, 0.6) is 5.88 Å². The van der Waals surface area contributed by atoms with Gasteiger partial charge in [-0.15, -0.1) is 0 Å². The molecule has 2 heterocycles. The monoisotopic (exact) mass is 606 g/mol. The molecule has 6 heteroatoms. The molecule has 0 radical (unpaired) electrons. The summed E-state index contributed by atoms with van der Waals surface area (Å²) in [6.07, 6.45) is 7.07. The van der Waals surface area contributed by atoms with Gasteiger partial charge in [-0.05, 0) is 53.9 Å². The van der Waals surface area contributed by atoms with Crippen molar-refractivity contribution in [3.05, 3.63) is 85.7 Å². The van der Waals surface area contributed by atoms with Crippen LogP contribution in [0.25, 0.3) is 27.6 Å². The van der Waals surface area contributed by atoms with Crippen molar-refractivity contribution in [2.24, 2.45) is 4.99 Å². The number of carbonyl (C=O) groups is 1. The van der Waals surface area contributed by atoms with Gasteiger partial charge in [-0.2, -0.15) is 0 Å². The van der Waals surface area contributed by atoms with Crippen LogP contribution in [-0.4, -0.2) is 15.6 Å². The average molecular weight is 608 g/mol. The topological polar surface area (TPSA) is 54.6 Å². The molecule has 5 rings (SSSR count). The minimum Gasteiger partial charge on any atom is -0.494 e. The number of halogens is 2. The number of hydrogen-bond acceptors (Lipinski definition) is 2. The van der Waals surface area contributed by atoms with E-state index in [9.17, 15) is 9.90 Å². The number of fused-ring (bicyclic) bond motifs is 2. The molecule has 1 aliphatic heterocycles. The van der Waals surface area contributed by atoms with Crippen LogP contribution in [0.15, 0.2) is 74.6 Å². The van der Waals surface area contributed by atoms with Gasteiger partial charge in [0.15, 0.2) is 5.88 Å². The van der Waals surface area contributed by atoms with Gasteiger partial charge in [-0.25, -0.2) is 4.99 Å². The standard InChI is InChI=1S/C30H28Br2N2O2/c1-2-3-4-5-6-7-16-34-26-18-23-25(33-29(35)27(23)19-8-12-21(31)13-9-19)17-24(26)28(30(34)36)20-10-14-22(32)15-11-20/h8-15,17-18,36H,2-7,16H2,1H3. The third-order valence-corrected chi connectivity index (χ3v) is 7.92. The number of aromatic nitrogens is 1. The van der Waals surface area contributed by atoms with E-state index in [0.717, 1.165) is 61.1 Å². The molecular formula is C30H28Br2N2O2. The van der Waals surface area contributed by atoms with Gasteiger partial charge in [-0.1, -0.05) is 95.2 Å². The molecule has 184 valence electrons. The molecule has 0 fully saturated rings. The van der Waals surface area contributed by atoms with E-state index >= 15 is 0 Å². The van der Waals surface area contributed by atoms with Gasteiger partial charge < -0.3 is 9.67 Å². The van der Waals surface area contributed by atoms with Crippen molar-refractivity contribution in [2.75, 3.05) is 0 Å². The van der Waals surface area contributed by atoms with Gasteiger partial charge in [0.1, 0.15) is 0 Å². The summed E-state index contributed by atoms with van der Waals surface area (Å²) < 4.78 is 3.95. The maximum absolute atomic E-state index is 13.0. The largest absolute Gasteiger partial charge is 0.494 e. The van der Waals surface area contributed by atoms with Gasteiger partial charge in [-0.3, -0.25) is 4.79 Å². The fraction of sp³-hybridized carbons (Fsp3) is 0.267. The Morgan fingerprint density at radius 1 is 0.833 bits per heavy atom. The van der Waals surface area contributed by atoms with E-state index in [1.807, 2.05) is 65.2 Å². The van der Waals surface area contributed by atoms with Crippen LogP contribution in [0.4, 0.5) is 0 Å². The molecule has 0 saturated heterocycles. The second-order valence-corrected chi connectivity index (χ2v) is 11.1. The summed E-state index contributed by atoms with van der Waals surface area (Å²) in [4.78, 5) is 17.4. The van der Waals surface area contributed by atoms with E-state index in [1.54, 1.807) is 0 Å². The van der Waals surface area contributed by atoms with E-state index in [4.69, 9.17) is 0 Å². The van der Waals surface area contributed by atoms with Crippen molar-refractivity contribution in [2.45, 2.75) is 52.0 Å². The van der Waals surface area contributed by atoms with Crippen molar-refractivity contribution in [3.63, 3.8) is 0 Å². The Bertz CT molecular complexity index is 1550. The molecule has 1 aromatic heterocycles. The first kappa shape index (κ1) is 25.0. The molecule has 4 aromatic rings. The number of nitrogens with zero attached hydrogens (tertiary/aromatic N) is 2. The number of unbranched alkanes of at least 4 members (excludes halogenated alkanes) is 5. The van der Waals surface area contributed by atoms with E-state index < -0.39 is 0 Å². The van der Waals surface area contributed by atoms with E-state index in [2.05, 4.69) is 43.8 Å². The molecule has 1 aliphatic rings. The number of amides is 1. The Morgan fingerprint density at radius 2 is 1.44 bits per heavy atom. The number of benzene rings is 3. The fourth-order valence-corrected chi connectivity index (χ4v) is 5.55. The second kappa shape index (κ2) is 10.7. The van der Waals surface area contributed by atoms with E-state index in [1.165, 1.54) is 25.7 Å². The third-order valence-electron chi connectivity index (χ3n) is 6.86. The van der Waals surface area contributed by atoms with Gasteiger partial charge in [0, 0.05) is 26.1 Å². The Balaban J connectivity index is 1.67. The van der Waals surface area contributed by atoms with Crippen LogP contribution >= 0.6 is 31.9 Å². The highest BCUT2D eigenvalue weighted by Gasteiger charge is 2.23. The number of aryl methyl sites for hydroxylation is 1. The first-order chi connectivity index (χ1) is 17.5. The summed E-state index contributed by atoms with van der Waals surface area (Å²) >= 11 is 6.98. The van der Waals surface area contributed by atoms with Gasteiger partial charge in [0.25, 0.3) is 5.91 Å². The zero-order chi connectivity index (χ0) is 25.2. The summed E-state index contributed by atoms with van der Waals surface area (Å²) in [5, 5.41) is 13.8. The van der Waals surface area contributed by atoms with Crippen molar-refractivity contribution in [1.82, 2.24) is 4.57 Å². The molecule has 3 aromatic carbocycles. The highest BCUT2D eigenvalue weighted by molar-refractivity contribution is 9.10. The molecule has 4 nitrogen and oxygen atoms in total. The van der Waals surface area contributed by atoms with E-state index in [0.29, 0.717) is 10.9 Å². The molecule has 36 heavy (non-hydrogen) atoms. The number of hydrogen-bond donors (Lipinski definition) is 1. The van der Waals surface area contributed by atoms with Crippen LogP contribution in [0.3, 0.4) is 0 Å². The predicted molar refractivity (Wildman–Crippen MR) is 153 cm³/mol. The molecule has 0 saturated carbocycles. The van der Waals surface area contributed by atoms with Gasteiger partial charge >= 0.3 is 0 Å². The molecule has 1 amide bonds. The quantitative estimate of drug-likeness (QED) is 0.204. The number of rotatable bonds is 9. The minimum atomic E-state index is -0.225. The highest BCUT2D eigenvalue weighted by Crippen LogP contribution is 2.39. The minimum absolute atomic E-state index is 0.225. The molecule has 0 atom stereocenters. The molecule has 0 aliphatic carbocycles. The normalized spacial score (nSPS) is 12.9. The third kappa shape index (κ3) is 4.81. The lowest BCUT2D eigenvalue weighted by Gasteiger charge is -2.08. The van der Waals surface area contributed by atoms with Crippen LogP contribution in [0.1, 0.15) is 51.0 Å².